The first-order valence-corrected chi connectivity index (χ1v) is 8.12. The van der Waals surface area contributed by atoms with Crippen molar-refractivity contribution < 1.29 is 0 Å². The molecular weight excluding hydrogens is 234 g/mol. The highest BCUT2D eigenvalue weighted by atomic mass is 15.3. The van der Waals surface area contributed by atoms with Crippen LogP contribution in [0.15, 0.2) is 0 Å². The maximum Gasteiger partial charge on any atom is 0.0110 e. The summed E-state index contributed by atoms with van der Waals surface area (Å²) < 4.78 is 0. The zero-order valence-corrected chi connectivity index (χ0v) is 13.6. The Bertz CT molecular complexity index is 227. The normalized spacial score (nSPS) is 20.7. The molecule has 1 heterocycles. The Hall–Kier alpha value is -0.120. The molecule has 0 saturated carbocycles. The number of nitrogens with two attached hydrogens (primary N) is 1. The molecule has 3 heteroatoms. The van der Waals surface area contributed by atoms with E-state index in [2.05, 4.69) is 37.5 Å². The fourth-order valence-corrected chi connectivity index (χ4v) is 3.10. The van der Waals surface area contributed by atoms with Gasteiger partial charge >= 0.3 is 0 Å². The standard InChI is InChI=1S/C16H35N3/c1-5-18-11-13-19(14-12-18)10-6-7-15(8-9-17)16(2,3)4/h15H,5-14,17H2,1-4H3. The molecule has 0 radical (unpaired) electrons. The third-order valence-electron chi connectivity index (χ3n) is 4.68. The SMILES string of the molecule is CCN1CCN(CCCC(CCN)C(C)(C)C)CC1. The molecule has 1 fully saturated rings. The van der Waals surface area contributed by atoms with Crippen LogP contribution in [-0.4, -0.2) is 55.6 Å². The van der Waals surface area contributed by atoms with Gasteiger partial charge in [-0.1, -0.05) is 27.7 Å². The average molecular weight is 269 g/mol. The van der Waals surface area contributed by atoms with Crippen LogP contribution in [0.25, 0.3) is 0 Å². The molecule has 19 heavy (non-hydrogen) atoms. The molecule has 114 valence electrons. The van der Waals surface area contributed by atoms with Gasteiger partial charge in [-0.2, -0.15) is 0 Å². The van der Waals surface area contributed by atoms with Crippen LogP contribution >= 0.6 is 0 Å². The molecule has 2 N–H and O–H groups in total. The van der Waals surface area contributed by atoms with Crippen molar-refractivity contribution in [3.05, 3.63) is 0 Å². The average Bonchev–Trinajstić information content (AvgIpc) is 2.37. The number of nitrogens with zero attached hydrogens (tertiary/aromatic N) is 2. The zero-order chi connectivity index (χ0) is 14.3. The number of hydrogen-bond acceptors (Lipinski definition) is 3. The van der Waals surface area contributed by atoms with Crippen LogP contribution in [0.3, 0.4) is 0 Å². The van der Waals surface area contributed by atoms with E-state index in [1.807, 2.05) is 0 Å². The smallest absolute Gasteiger partial charge is 0.0110 e. The molecule has 0 spiro atoms. The van der Waals surface area contributed by atoms with Crippen molar-refractivity contribution in [2.45, 2.75) is 47.0 Å². The minimum Gasteiger partial charge on any atom is -0.330 e. The van der Waals surface area contributed by atoms with Crippen molar-refractivity contribution in [3.63, 3.8) is 0 Å². The molecule has 0 aromatic carbocycles. The van der Waals surface area contributed by atoms with Gasteiger partial charge in [0.05, 0.1) is 0 Å². The van der Waals surface area contributed by atoms with Crippen LogP contribution in [0.1, 0.15) is 47.0 Å². The van der Waals surface area contributed by atoms with E-state index in [4.69, 9.17) is 5.73 Å². The fraction of sp³-hybridized carbons (Fsp3) is 1.00. The highest BCUT2D eigenvalue weighted by molar-refractivity contribution is 4.76. The van der Waals surface area contributed by atoms with Gasteiger partial charge < -0.3 is 15.5 Å². The summed E-state index contributed by atoms with van der Waals surface area (Å²) in [5.74, 6) is 0.773. The van der Waals surface area contributed by atoms with Crippen molar-refractivity contribution in [2.24, 2.45) is 17.1 Å². The third kappa shape index (κ3) is 6.24. The van der Waals surface area contributed by atoms with E-state index in [0.29, 0.717) is 5.41 Å². The van der Waals surface area contributed by atoms with Crippen LogP contribution in [0.4, 0.5) is 0 Å². The van der Waals surface area contributed by atoms with Crippen molar-refractivity contribution >= 4 is 0 Å². The van der Waals surface area contributed by atoms with Crippen LogP contribution in [0.2, 0.25) is 0 Å². The van der Waals surface area contributed by atoms with E-state index in [0.717, 1.165) is 12.5 Å². The summed E-state index contributed by atoms with van der Waals surface area (Å²) in [4.78, 5) is 5.18. The van der Waals surface area contributed by atoms with E-state index in [-0.39, 0.29) is 0 Å². The first-order valence-electron chi connectivity index (χ1n) is 8.12. The molecule has 1 saturated heterocycles. The predicted molar refractivity (Wildman–Crippen MR) is 84.4 cm³/mol. The molecular formula is C16H35N3. The van der Waals surface area contributed by atoms with E-state index in [9.17, 15) is 0 Å². The summed E-state index contributed by atoms with van der Waals surface area (Å²) in [5, 5.41) is 0. The molecule has 0 bridgehead atoms. The first kappa shape index (κ1) is 16.9. The highest BCUT2D eigenvalue weighted by Gasteiger charge is 2.23. The van der Waals surface area contributed by atoms with Crippen molar-refractivity contribution in [2.75, 3.05) is 45.8 Å². The minimum absolute atomic E-state index is 0.403. The van der Waals surface area contributed by atoms with Gasteiger partial charge in [0.15, 0.2) is 0 Å². The summed E-state index contributed by atoms with van der Waals surface area (Å²) in [6.45, 7) is 17.6. The Kier molecular flexibility index (Phi) is 7.33. The molecule has 1 atom stereocenters. The Labute approximate surface area is 120 Å². The van der Waals surface area contributed by atoms with Gasteiger partial charge in [-0.25, -0.2) is 0 Å². The van der Waals surface area contributed by atoms with Crippen LogP contribution in [0, 0.1) is 11.3 Å². The quantitative estimate of drug-likeness (QED) is 0.770. The molecule has 1 unspecified atom stereocenters. The lowest BCUT2D eigenvalue weighted by Crippen LogP contribution is -2.46. The lowest BCUT2D eigenvalue weighted by Gasteiger charge is -2.35. The molecule has 0 aromatic rings. The Morgan fingerprint density at radius 2 is 1.58 bits per heavy atom. The van der Waals surface area contributed by atoms with Crippen LogP contribution < -0.4 is 5.73 Å². The second-order valence-electron chi connectivity index (χ2n) is 7.06. The highest BCUT2D eigenvalue weighted by Crippen LogP contribution is 2.32. The van der Waals surface area contributed by atoms with Gasteiger partial charge in [0.1, 0.15) is 0 Å². The predicted octanol–water partition coefficient (Wildman–Crippen LogP) is 2.42. The van der Waals surface area contributed by atoms with Crippen molar-refractivity contribution in [3.8, 4) is 0 Å². The summed E-state index contributed by atoms with van der Waals surface area (Å²) >= 11 is 0. The molecule has 1 aliphatic heterocycles. The fourth-order valence-electron chi connectivity index (χ4n) is 3.10. The molecule has 0 aliphatic carbocycles. The number of piperazine rings is 1. The Morgan fingerprint density at radius 3 is 2.05 bits per heavy atom. The third-order valence-corrected chi connectivity index (χ3v) is 4.68. The van der Waals surface area contributed by atoms with Gasteiger partial charge in [0.25, 0.3) is 0 Å². The second-order valence-corrected chi connectivity index (χ2v) is 7.06. The van der Waals surface area contributed by atoms with E-state index < -0.39 is 0 Å². The van der Waals surface area contributed by atoms with E-state index in [1.54, 1.807) is 0 Å². The largest absolute Gasteiger partial charge is 0.330 e. The zero-order valence-electron chi connectivity index (χ0n) is 13.6. The summed E-state index contributed by atoms with van der Waals surface area (Å²) in [6.07, 6.45) is 3.83. The first-order chi connectivity index (χ1) is 8.97. The van der Waals surface area contributed by atoms with Crippen LogP contribution in [-0.2, 0) is 0 Å². The van der Waals surface area contributed by atoms with E-state index in [1.165, 1.54) is 58.5 Å². The van der Waals surface area contributed by atoms with Gasteiger partial charge in [0.2, 0.25) is 0 Å². The molecule has 1 rings (SSSR count). The number of hydrogen-bond donors (Lipinski definition) is 1. The number of likely N-dealkylation sites (N-methyl/N-ethyl adjacent to an activating group) is 1. The maximum atomic E-state index is 5.76. The topological polar surface area (TPSA) is 32.5 Å². The van der Waals surface area contributed by atoms with Crippen molar-refractivity contribution in [1.29, 1.82) is 0 Å². The lowest BCUT2D eigenvalue weighted by molar-refractivity contribution is 0.128. The Morgan fingerprint density at radius 1 is 1.00 bits per heavy atom. The molecule has 0 amide bonds. The van der Waals surface area contributed by atoms with Gasteiger partial charge in [0, 0.05) is 26.2 Å². The van der Waals surface area contributed by atoms with E-state index >= 15 is 0 Å². The summed E-state index contributed by atoms with van der Waals surface area (Å²) in [7, 11) is 0. The number of rotatable bonds is 7. The summed E-state index contributed by atoms with van der Waals surface area (Å²) in [5.41, 5.74) is 6.16. The van der Waals surface area contributed by atoms with Gasteiger partial charge in [-0.3, -0.25) is 0 Å². The van der Waals surface area contributed by atoms with Gasteiger partial charge in [-0.15, -0.1) is 0 Å². The minimum atomic E-state index is 0.403. The molecule has 3 nitrogen and oxygen atoms in total. The van der Waals surface area contributed by atoms with Crippen LogP contribution in [0.5, 0.6) is 0 Å². The summed E-state index contributed by atoms with van der Waals surface area (Å²) in [6, 6.07) is 0. The lowest BCUT2D eigenvalue weighted by atomic mass is 9.76. The molecule has 1 aliphatic rings. The maximum absolute atomic E-state index is 5.76. The Balaban J connectivity index is 2.22. The monoisotopic (exact) mass is 269 g/mol. The molecule has 0 aromatic heterocycles. The second kappa shape index (κ2) is 8.23. The van der Waals surface area contributed by atoms with Gasteiger partial charge in [-0.05, 0) is 50.2 Å². The van der Waals surface area contributed by atoms with Crippen molar-refractivity contribution in [1.82, 2.24) is 9.80 Å².